The van der Waals surface area contributed by atoms with Gasteiger partial charge < -0.3 is 10.6 Å². The van der Waals surface area contributed by atoms with Crippen molar-refractivity contribution >= 4 is 23.2 Å². The maximum Gasteiger partial charge on any atom is 0.290 e. The lowest BCUT2D eigenvalue weighted by Gasteiger charge is -2.07. The molecule has 2 N–H and O–H groups in total. The van der Waals surface area contributed by atoms with Crippen molar-refractivity contribution in [2.75, 3.05) is 10.6 Å². The van der Waals surface area contributed by atoms with Gasteiger partial charge in [0.05, 0.1) is 0 Å². The Morgan fingerprint density at radius 2 is 1.61 bits per heavy atom. The molecule has 0 aliphatic heterocycles. The van der Waals surface area contributed by atoms with E-state index >= 15 is 0 Å². The highest BCUT2D eigenvalue weighted by Gasteiger charge is 2.13. The van der Waals surface area contributed by atoms with Gasteiger partial charge in [-0.3, -0.25) is 9.59 Å². The number of carbonyl (C=O) groups is 2. The fourth-order valence-electron chi connectivity index (χ4n) is 2.24. The number of benzene rings is 1. The minimum absolute atomic E-state index is 0.0846. The number of hydrogen-bond acceptors (Lipinski definition) is 2. The average Bonchev–Trinajstić information content (AvgIpc) is 2.51. The van der Waals surface area contributed by atoms with E-state index in [0.29, 0.717) is 11.4 Å². The van der Waals surface area contributed by atoms with Gasteiger partial charge in [-0.2, -0.15) is 4.57 Å². The number of pyridine rings is 1. The number of anilines is 2. The summed E-state index contributed by atoms with van der Waals surface area (Å²) in [4.78, 5) is 23.2. The molecular weight excluding hydrogens is 290 g/mol. The molecule has 0 bridgehead atoms. The lowest BCUT2D eigenvalue weighted by Crippen LogP contribution is -2.43. The molecule has 1 aromatic heterocycles. The number of rotatable bonds is 5. The van der Waals surface area contributed by atoms with Gasteiger partial charge in [0, 0.05) is 36.9 Å². The molecule has 0 aliphatic carbocycles. The molecule has 5 heteroatoms. The summed E-state index contributed by atoms with van der Waals surface area (Å²) in [6, 6.07) is 11.1. The second-order valence-electron chi connectivity index (χ2n) is 5.47. The lowest BCUT2D eigenvalue weighted by molar-refractivity contribution is -0.690. The first-order valence-electron chi connectivity index (χ1n) is 7.64. The summed E-state index contributed by atoms with van der Waals surface area (Å²) in [5.41, 5.74) is 3.65. The van der Waals surface area contributed by atoms with Crippen molar-refractivity contribution in [1.29, 1.82) is 0 Å². The van der Waals surface area contributed by atoms with Crippen LogP contribution in [0.25, 0.3) is 0 Å². The van der Waals surface area contributed by atoms with Crippen molar-refractivity contribution in [1.82, 2.24) is 0 Å². The molecule has 5 nitrogen and oxygen atoms in total. The summed E-state index contributed by atoms with van der Waals surface area (Å²) < 4.78 is 1.94. The van der Waals surface area contributed by atoms with E-state index < -0.39 is 0 Å². The normalized spacial score (nSPS) is 10.2. The monoisotopic (exact) mass is 312 g/mol. The van der Waals surface area contributed by atoms with E-state index in [0.717, 1.165) is 12.1 Å². The molecule has 120 valence electrons. The SMILES string of the molecule is CCc1ccc(C)[n+](CC(=O)Nc2ccc(NC(C)=O)cc2)c1. The summed E-state index contributed by atoms with van der Waals surface area (Å²) in [7, 11) is 0. The highest BCUT2D eigenvalue weighted by atomic mass is 16.2. The number of carbonyl (C=O) groups excluding carboxylic acids is 2. The predicted molar refractivity (Wildman–Crippen MR) is 90.1 cm³/mol. The number of nitrogens with one attached hydrogen (secondary N) is 2. The Morgan fingerprint density at radius 3 is 2.17 bits per heavy atom. The Hall–Kier alpha value is -2.69. The molecule has 2 rings (SSSR count). The molecule has 2 aromatic rings. The highest BCUT2D eigenvalue weighted by Crippen LogP contribution is 2.13. The van der Waals surface area contributed by atoms with Gasteiger partial charge in [0.15, 0.2) is 11.9 Å². The molecule has 0 unspecified atom stereocenters. The Kier molecular flexibility index (Phi) is 5.46. The van der Waals surface area contributed by atoms with Crippen molar-refractivity contribution in [2.24, 2.45) is 0 Å². The van der Waals surface area contributed by atoms with Crippen LogP contribution in [0.4, 0.5) is 11.4 Å². The van der Waals surface area contributed by atoms with Crippen molar-refractivity contribution in [3.05, 3.63) is 53.9 Å². The predicted octanol–water partition coefficient (Wildman–Crippen LogP) is 2.44. The molecule has 0 aliphatic rings. The molecule has 23 heavy (non-hydrogen) atoms. The molecule has 0 radical (unpaired) electrons. The summed E-state index contributed by atoms with van der Waals surface area (Å²) in [6.45, 7) is 5.80. The fraction of sp³-hybridized carbons (Fsp3) is 0.278. The van der Waals surface area contributed by atoms with Gasteiger partial charge >= 0.3 is 0 Å². The van der Waals surface area contributed by atoms with Crippen LogP contribution >= 0.6 is 0 Å². The van der Waals surface area contributed by atoms with Crippen molar-refractivity contribution in [3.8, 4) is 0 Å². The van der Waals surface area contributed by atoms with Crippen LogP contribution in [0.15, 0.2) is 42.6 Å². The minimum Gasteiger partial charge on any atom is -0.326 e. The van der Waals surface area contributed by atoms with E-state index in [4.69, 9.17) is 0 Å². The van der Waals surface area contributed by atoms with Gasteiger partial charge in [-0.05, 0) is 36.8 Å². The number of hydrogen-bond donors (Lipinski definition) is 2. The zero-order valence-corrected chi connectivity index (χ0v) is 13.7. The van der Waals surface area contributed by atoms with Crippen molar-refractivity contribution in [2.45, 2.75) is 33.7 Å². The largest absolute Gasteiger partial charge is 0.326 e. The maximum atomic E-state index is 12.2. The Bertz CT molecular complexity index is 709. The number of nitrogens with zero attached hydrogens (tertiary/aromatic N) is 1. The third-order valence-corrected chi connectivity index (χ3v) is 3.52. The smallest absolute Gasteiger partial charge is 0.290 e. The molecule has 1 heterocycles. The average molecular weight is 312 g/mol. The van der Waals surface area contributed by atoms with E-state index in [9.17, 15) is 9.59 Å². The van der Waals surface area contributed by atoms with Crippen molar-refractivity contribution in [3.63, 3.8) is 0 Å². The van der Waals surface area contributed by atoms with Crippen LogP contribution < -0.4 is 15.2 Å². The second kappa shape index (κ2) is 7.54. The van der Waals surface area contributed by atoms with E-state index in [-0.39, 0.29) is 18.4 Å². The fourth-order valence-corrected chi connectivity index (χ4v) is 2.24. The van der Waals surface area contributed by atoms with Gasteiger partial charge in [0.2, 0.25) is 12.5 Å². The first-order chi connectivity index (χ1) is 11.0. The maximum absolute atomic E-state index is 12.2. The Balaban J connectivity index is 2.00. The summed E-state index contributed by atoms with van der Waals surface area (Å²) >= 11 is 0. The summed E-state index contributed by atoms with van der Waals surface area (Å²) in [5.74, 6) is -0.205. The Labute approximate surface area is 136 Å². The molecule has 0 spiro atoms. The van der Waals surface area contributed by atoms with E-state index in [1.807, 2.05) is 23.8 Å². The zero-order valence-electron chi connectivity index (χ0n) is 13.7. The van der Waals surface area contributed by atoms with Crippen LogP contribution in [0, 0.1) is 6.92 Å². The highest BCUT2D eigenvalue weighted by molar-refractivity contribution is 5.91. The quantitative estimate of drug-likeness (QED) is 0.833. The van der Waals surface area contributed by atoms with Crippen LogP contribution in [0.2, 0.25) is 0 Å². The van der Waals surface area contributed by atoms with Crippen LogP contribution in [0.5, 0.6) is 0 Å². The Morgan fingerprint density at radius 1 is 1.00 bits per heavy atom. The van der Waals surface area contributed by atoms with Crippen LogP contribution in [-0.4, -0.2) is 11.8 Å². The molecule has 2 amide bonds. The zero-order chi connectivity index (χ0) is 16.8. The topological polar surface area (TPSA) is 62.1 Å². The standard InChI is InChI=1S/C18H21N3O2/c1-4-15-6-5-13(2)21(11-15)12-18(23)20-17-9-7-16(8-10-17)19-14(3)22/h5-11H,4,12H2,1-3H3,(H-,19,20,22,23)/p+1. The molecular formula is C18H22N3O2+. The number of aryl methyl sites for hydroxylation is 2. The first-order valence-corrected chi connectivity index (χ1v) is 7.64. The lowest BCUT2D eigenvalue weighted by atomic mass is 10.2. The van der Waals surface area contributed by atoms with Crippen LogP contribution in [0.3, 0.4) is 0 Å². The third kappa shape index (κ3) is 4.92. The van der Waals surface area contributed by atoms with Gasteiger partial charge in [-0.1, -0.05) is 6.92 Å². The molecule has 0 saturated carbocycles. The van der Waals surface area contributed by atoms with E-state index in [1.165, 1.54) is 12.5 Å². The molecule has 0 atom stereocenters. The molecule has 0 saturated heterocycles. The van der Waals surface area contributed by atoms with Crippen molar-refractivity contribution < 1.29 is 14.2 Å². The number of aromatic nitrogens is 1. The van der Waals surface area contributed by atoms with Gasteiger partial charge in [-0.25, -0.2) is 0 Å². The number of amides is 2. The summed E-state index contributed by atoms with van der Waals surface area (Å²) in [5, 5.41) is 5.55. The second-order valence-corrected chi connectivity index (χ2v) is 5.47. The van der Waals surface area contributed by atoms with Gasteiger partial charge in [-0.15, -0.1) is 0 Å². The van der Waals surface area contributed by atoms with E-state index in [1.54, 1.807) is 24.3 Å². The molecule has 0 fully saturated rings. The third-order valence-electron chi connectivity index (χ3n) is 3.52. The van der Waals surface area contributed by atoms with Gasteiger partial charge in [0.1, 0.15) is 0 Å². The van der Waals surface area contributed by atoms with Gasteiger partial charge in [0.25, 0.3) is 5.91 Å². The summed E-state index contributed by atoms with van der Waals surface area (Å²) in [6.07, 6.45) is 2.95. The van der Waals surface area contributed by atoms with Crippen LogP contribution in [0.1, 0.15) is 25.1 Å². The minimum atomic E-state index is -0.121. The van der Waals surface area contributed by atoms with Crippen LogP contribution in [-0.2, 0) is 22.6 Å². The van der Waals surface area contributed by atoms with E-state index in [2.05, 4.69) is 23.6 Å². The first kappa shape index (κ1) is 16.7. The molecule has 1 aromatic carbocycles.